The molecule has 0 aliphatic heterocycles. The fourth-order valence-electron chi connectivity index (χ4n) is 1.49. The van der Waals surface area contributed by atoms with Gasteiger partial charge in [0.25, 0.3) is 5.91 Å². The molecule has 0 bridgehead atoms. The number of halogens is 1. The van der Waals surface area contributed by atoms with E-state index in [0.717, 1.165) is 11.4 Å². The first-order valence-corrected chi connectivity index (χ1v) is 6.25. The highest BCUT2D eigenvalue weighted by atomic mass is 35.5. The molecule has 19 heavy (non-hydrogen) atoms. The van der Waals surface area contributed by atoms with Gasteiger partial charge in [0.1, 0.15) is 0 Å². The van der Waals surface area contributed by atoms with E-state index in [1.807, 2.05) is 13.8 Å². The third-order valence-electron chi connectivity index (χ3n) is 2.59. The number of anilines is 1. The number of aromatic nitrogens is 2. The molecule has 2 aromatic heterocycles. The Kier molecular flexibility index (Phi) is 3.85. The van der Waals surface area contributed by atoms with E-state index in [1.165, 1.54) is 6.20 Å². The monoisotopic (exact) mass is 279 g/mol. The predicted molar refractivity (Wildman–Crippen MR) is 72.5 cm³/mol. The highest BCUT2D eigenvalue weighted by molar-refractivity contribution is 6.34. The molecular formula is C13H14ClN3O2. The van der Waals surface area contributed by atoms with E-state index < -0.39 is 0 Å². The molecule has 0 aliphatic carbocycles. The van der Waals surface area contributed by atoms with Gasteiger partial charge in [0.05, 0.1) is 16.3 Å². The Morgan fingerprint density at radius 1 is 1.42 bits per heavy atom. The first kappa shape index (κ1) is 13.5. The van der Waals surface area contributed by atoms with Gasteiger partial charge in [0, 0.05) is 18.0 Å². The molecule has 0 spiro atoms. The fourth-order valence-corrected chi connectivity index (χ4v) is 1.79. The minimum absolute atomic E-state index is 0.235. The molecule has 2 heterocycles. The third-order valence-corrected chi connectivity index (χ3v) is 2.90. The van der Waals surface area contributed by atoms with Crippen LogP contribution in [0.15, 0.2) is 22.9 Å². The molecule has 0 radical (unpaired) electrons. The van der Waals surface area contributed by atoms with Crippen LogP contribution in [0.25, 0.3) is 0 Å². The number of rotatable bonds is 3. The second-order valence-corrected chi connectivity index (χ2v) is 4.94. The smallest absolute Gasteiger partial charge is 0.261 e. The summed E-state index contributed by atoms with van der Waals surface area (Å²) in [7, 11) is 0. The van der Waals surface area contributed by atoms with E-state index >= 15 is 0 Å². The van der Waals surface area contributed by atoms with Crippen LogP contribution in [0.4, 0.5) is 5.88 Å². The van der Waals surface area contributed by atoms with Gasteiger partial charge in [-0.2, -0.15) is 0 Å². The van der Waals surface area contributed by atoms with Gasteiger partial charge in [-0.1, -0.05) is 30.6 Å². The Morgan fingerprint density at radius 3 is 2.74 bits per heavy atom. The number of aryl methyl sites for hydroxylation is 1. The summed E-state index contributed by atoms with van der Waals surface area (Å²) in [6.45, 7) is 5.79. The molecule has 0 unspecified atom stereocenters. The zero-order chi connectivity index (χ0) is 14.0. The van der Waals surface area contributed by atoms with Crippen LogP contribution in [0.5, 0.6) is 0 Å². The zero-order valence-electron chi connectivity index (χ0n) is 10.9. The van der Waals surface area contributed by atoms with Crippen molar-refractivity contribution in [3.63, 3.8) is 0 Å². The maximum Gasteiger partial charge on any atom is 0.261 e. The lowest BCUT2D eigenvalue weighted by molar-refractivity contribution is 0.102. The molecular weight excluding hydrogens is 266 g/mol. The Labute approximate surface area is 116 Å². The molecule has 0 atom stereocenters. The lowest BCUT2D eigenvalue weighted by Crippen LogP contribution is -2.12. The molecule has 100 valence electrons. The number of carbonyl (C=O) groups excluding carboxylic acids is 1. The Morgan fingerprint density at radius 2 is 2.16 bits per heavy atom. The summed E-state index contributed by atoms with van der Waals surface area (Å²) in [5.74, 6) is 0.160. The number of nitrogens with zero attached hydrogens (tertiary/aromatic N) is 2. The Hall–Kier alpha value is -1.88. The van der Waals surface area contributed by atoms with Crippen molar-refractivity contribution in [2.45, 2.75) is 26.7 Å². The van der Waals surface area contributed by atoms with E-state index in [2.05, 4.69) is 15.5 Å². The average molecular weight is 280 g/mol. The van der Waals surface area contributed by atoms with Crippen molar-refractivity contribution >= 4 is 23.4 Å². The summed E-state index contributed by atoms with van der Waals surface area (Å²) in [5.41, 5.74) is 1.83. The number of hydrogen-bond acceptors (Lipinski definition) is 4. The average Bonchev–Trinajstić information content (AvgIpc) is 2.77. The van der Waals surface area contributed by atoms with Gasteiger partial charge < -0.3 is 4.52 Å². The number of hydrogen-bond donors (Lipinski definition) is 1. The van der Waals surface area contributed by atoms with Crippen LogP contribution in [0.1, 0.15) is 41.5 Å². The second kappa shape index (κ2) is 5.40. The summed E-state index contributed by atoms with van der Waals surface area (Å²) in [6, 6.07) is 3.33. The molecule has 0 aromatic carbocycles. The highest BCUT2D eigenvalue weighted by Crippen LogP contribution is 2.20. The van der Waals surface area contributed by atoms with E-state index in [-0.39, 0.29) is 11.8 Å². The normalized spacial score (nSPS) is 10.8. The summed E-state index contributed by atoms with van der Waals surface area (Å²) in [4.78, 5) is 16.0. The molecule has 0 fully saturated rings. The summed E-state index contributed by atoms with van der Waals surface area (Å²) >= 11 is 6.00. The van der Waals surface area contributed by atoms with Crippen LogP contribution in [-0.4, -0.2) is 16.0 Å². The number of nitrogens with one attached hydrogen (secondary N) is 1. The molecule has 0 saturated carbocycles. The van der Waals surface area contributed by atoms with Crippen molar-refractivity contribution in [1.29, 1.82) is 0 Å². The number of pyridine rings is 1. The van der Waals surface area contributed by atoms with Gasteiger partial charge >= 0.3 is 0 Å². The molecule has 1 amide bonds. The van der Waals surface area contributed by atoms with Crippen LogP contribution < -0.4 is 5.32 Å². The molecule has 1 N–H and O–H groups in total. The van der Waals surface area contributed by atoms with Crippen molar-refractivity contribution < 1.29 is 9.32 Å². The van der Waals surface area contributed by atoms with Crippen molar-refractivity contribution in [2.75, 3.05) is 5.32 Å². The van der Waals surface area contributed by atoms with E-state index in [4.69, 9.17) is 16.1 Å². The maximum atomic E-state index is 12.0. The van der Waals surface area contributed by atoms with Gasteiger partial charge in [-0.25, -0.2) is 0 Å². The first-order chi connectivity index (χ1) is 8.97. The first-order valence-electron chi connectivity index (χ1n) is 5.87. The van der Waals surface area contributed by atoms with Crippen LogP contribution in [0.2, 0.25) is 5.02 Å². The maximum absolute atomic E-state index is 12.0. The summed E-state index contributed by atoms with van der Waals surface area (Å²) < 4.78 is 5.04. The molecule has 2 rings (SSSR count). The summed E-state index contributed by atoms with van der Waals surface area (Å²) in [5, 5.41) is 6.82. The van der Waals surface area contributed by atoms with Crippen molar-refractivity contribution in [3.05, 3.63) is 40.3 Å². The molecule has 0 saturated heterocycles. The van der Waals surface area contributed by atoms with Gasteiger partial charge in [-0.15, -0.1) is 0 Å². The van der Waals surface area contributed by atoms with Gasteiger partial charge in [0.15, 0.2) is 0 Å². The second-order valence-electron chi connectivity index (χ2n) is 4.53. The number of carbonyl (C=O) groups is 1. The Balaban J connectivity index is 2.16. The van der Waals surface area contributed by atoms with E-state index in [0.29, 0.717) is 16.5 Å². The van der Waals surface area contributed by atoms with E-state index in [1.54, 1.807) is 19.1 Å². The highest BCUT2D eigenvalue weighted by Gasteiger charge is 2.14. The summed E-state index contributed by atoms with van der Waals surface area (Å²) in [6.07, 6.45) is 1.44. The van der Waals surface area contributed by atoms with Crippen LogP contribution >= 0.6 is 11.6 Å². The largest absolute Gasteiger partial charge is 0.338 e. The SMILES string of the molecule is Cc1cc(Cl)c(C(=O)Nc2cc(C(C)C)no2)cn1. The standard InChI is InChI=1S/C13H14ClN3O2/c1-7(2)11-5-12(19-17-11)16-13(18)9-6-15-8(3)4-10(9)14/h4-7H,1-3H3,(H,16,18). The molecule has 0 aliphatic rings. The van der Waals surface area contributed by atoms with E-state index in [9.17, 15) is 4.79 Å². The van der Waals surface area contributed by atoms with Gasteiger partial charge in [0.2, 0.25) is 5.88 Å². The van der Waals surface area contributed by atoms with Crippen molar-refractivity contribution in [2.24, 2.45) is 0 Å². The van der Waals surface area contributed by atoms with Gasteiger partial charge in [-0.05, 0) is 18.9 Å². The molecule has 5 nitrogen and oxygen atoms in total. The van der Waals surface area contributed by atoms with Gasteiger partial charge in [-0.3, -0.25) is 15.1 Å². The van der Waals surface area contributed by atoms with Crippen molar-refractivity contribution in [3.8, 4) is 0 Å². The lowest BCUT2D eigenvalue weighted by Gasteiger charge is -2.03. The minimum Gasteiger partial charge on any atom is -0.338 e. The van der Waals surface area contributed by atoms with Crippen LogP contribution in [0, 0.1) is 6.92 Å². The van der Waals surface area contributed by atoms with Crippen molar-refractivity contribution in [1.82, 2.24) is 10.1 Å². The number of amides is 1. The third kappa shape index (κ3) is 3.12. The topological polar surface area (TPSA) is 68.0 Å². The quantitative estimate of drug-likeness (QED) is 0.935. The van der Waals surface area contributed by atoms with Crippen LogP contribution in [0.3, 0.4) is 0 Å². The minimum atomic E-state index is -0.371. The molecule has 6 heteroatoms. The molecule has 2 aromatic rings. The zero-order valence-corrected chi connectivity index (χ0v) is 11.7. The predicted octanol–water partition coefficient (Wildman–Crippen LogP) is 3.41. The fraction of sp³-hybridized carbons (Fsp3) is 0.308. The lowest BCUT2D eigenvalue weighted by atomic mass is 10.1. The van der Waals surface area contributed by atoms with Crippen LogP contribution in [-0.2, 0) is 0 Å². The Bertz CT molecular complexity index is 608.